The molecule has 0 saturated heterocycles. The quantitative estimate of drug-likeness (QED) is 0.763. The number of nitrogens with one attached hydrogen (secondary N) is 1. The van der Waals surface area contributed by atoms with Gasteiger partial charge in [0.1, 0.15) is 4.99 Å². The van der Waals surface area contributed by atoms with Crippen molar-refractivity contribution in [1.82, 2.24) is 4.98 Å². The monoisotopic (exact) mass is 251 g/mol. The molecule has 0 aliphatic rings. The van der Waals surface area contributed by atoms with Crippen LogP contribution in [0, 0.1) is 0 Å². The van der Waals surface area contributed by atoms with Gasteiger partial charge in [0.25, 0.3) is 0 Å². The summed E-state index contributed by atoms with van der Waals surface area (Å²) in [4.78, 5) is 4.48. The minimum absolute atomic E-state index is 0.148. The Labute approximate surface area is 109 Å². The predicted octanol–water partition coefficient (Wildman–Crippen LogP) is 3.10. The van der Waals surface area contributed by atoms with Crippen LogP contribution < -0.4 is 11.1 Å². The van der Waals surface area contributed by atoms with Crippen molar-refractivity contribution in [3.8, 4) is 0 Å². The van der Waals surface area contributed by atoms with Crippen molar-refractivity contribution in [3.63, 3.8) is 0 Å². The first kappa shape index (κ1) is 13.9. The highest BCUT2D eigenvalue weighted by Gasteiger charge is 2.23. The molecule has 0 radical (unpaired) electrons. The lowest BCUT2D eigenvalue weighted by Gasteiger charge is -2.33. The fraction of sp³-hybridized carbons (Fsp3) is 0.538. The van der Waals surface area contributed by atoms with E-state index in [1.165, 1.54) is 0 Å². The van der Waals surface area contributed by atoms with Crippen molar-refractivity contribution < 1.29 is 0 Å². The van der Waals surface area contributed by atoms with Crippen molar-refractivity contribution in [1.29, 1.82) is 0 Å². The third kappa shape index (κ3) is 3.40. The van der Waals surface area contributed by atoms with E-state index in [1.54, 1.807) is 6.20 Å². The number of hydrogen-bond acceptors (Lipinski definition) is 3. The van der Waals surface area contributed by atoms with E-state index >= 15 is 0 Å². The minimum Gasteiger partial charge on any atom is -0.388 e. The van der Waals surface area contributed by atoms with E-state index in [0.29, 0.717) is 10.7 Å². The molecule has 4 heteroatoms. The van der Waals surface area contributed by atoms with Crippen LogP contribution in [-0.2, 0) is 0 Å². The van der Waals surface area contributed by atoms with Crippen LogP contribution in [0.3, 0.4) is 0 Å². The Balaban J connectivity index is 2.93. The second-order valence-corrected chi connectivity index (χ2v) is 4.70. The van der Waals surface area contributed by atoms with Gasteiger partial charge in [-0.15, -0.1) is 0 Å². The summed E-state index contributed by atoms with van der Waals surface area (Å²) in [6.45, 7) is 6.61. The van der Waals surface area contributed by atoms with Crippen LogP contribution in [-0.4, -0.2) is 15.5 Å². The molecule has 0 aliphatic carbocycles. The van der Waals surface area contributed by atoms with Crippen molar-refractivity contribution >= 4 is 22.9 Å². The third-order valence-corrected chi connectivity index (χ3v) is 3.66. The lowest BCUT2D eigenvalue weighted by molar-refractivity contribution is 0.420. The van der Waals surface area contributed by atoms with Crippen molar-refractivity contribution in [3.05, 3.63) is 24.0 Å². The van der Waals surface area contributed by atoms with Gasteiger partial charge in [-0.1, -0.05) is 33.0 Å². The molecule has 0 unspecified atom stereocenters. The average Bonchev–Trinajstić information content (AvgIpc) is 2.36. The Morgan fingerprint density at radius 3 is 2.41 bits per heavy atom. The summed E-state index contributed by atoms with van der Waals surface area (Å²) in [6.07, 6.45) is 5.00. The zero-order valence-electron chi connectivity index (χ0n) is 10.8. The van der Waals surface area contributed by atoms with Gasteiger partial charge in [-0.05, 0) is 31.4 Å². The second-order valence-electron chi connectivity index (χ2n) is 4.26. The Kier molecular flexibility index (Phi) is 4.87. The number of rotatable bonds is 6. The summed E-state index contributed by atoms with van der Waals surface area (Å²) in [6, 6.07) is 3.87. The zero-order chi connectivity index (χ0) is 12.9. The highest BCUT2D eigenvalue weighted by molar-refractivity contribution is 7.80. The molecular weight excluding hydrogens is 230 g/mol. The van der Waals surface area contributed by atoms with E-state index in [-0.39, 0.29) is 5.54 Å². The van der Waals surface area contributed by atoms with Gasteiger partial charge in [0.05, 0.1) is 5.69 Å². The lowest BCUT2D eigenvalue weighted by atomic mass is 9.89. The first-order valence-electron chi connectivity index (χ1n) is 6.11. The van der Waals surface area contributed by atoms with Crippen LogP contribution in [0.2, 0.25) is 0 Å². The van der Waals surface area contributed by atoms with Gasteiger partial charge in [0.15, 0.2) is 0 Å². The maximum atomic E-state index is 5.59. The Morgan fingerprint density at radius 1 is 1.35 bits per heavy atom. The van der Waals surface area contributed by atoms with E-state index in [1.807, 2.05) is 12.1 Å². The van der Waals surface area contributed by atoms with Crippen LogP contribution in [0.15, 0.2) is 18.3 Å². The molecule has 1 aromatic rings. The molecule has 0 aliphatic heterocycles. The topological polar surface area (TPSA) is 50.9 Å². The second kappa shape index (κ2) is 5.96. The molecule has 1 heterocycles. The molecule has 0 amide bonds. The summed E-state index contributed by atoms with van der Waals surface area (Å²) in [7, 11) is 0. The fourth-order valence-corrected chi connectivity index (χ4v) is 2.08. The van der Waals surface area contributed by atoms with Crippen molar-refractivity contribution in [2.45, 2.75) is 45.6 Å². The summed E-state index contributed by atoms with van der Waals surface area (Å²) < 4.78 is 0. The highest BCUT2D eigenvalue weighted by atomic mass is 32.1. The molecule has 1 rings (SSSR count). The van der Waals surface area contributed by atoms with E-state index in [9.17, 15) is 0 Å². The van der Waals surface area contributed by atoms with Gasteiger partial charge in [0.2, 0.25) is 0 Å². The van der Waals surface area contributed by atoms with E-state index in [2.05, 4.69) is 31.1 Å². The minimum atomic E-state index is 0.148. The van der Waals surface area contributed by atoms with Crippen molar-refractivity contribution in [2.24, 2.45) is 5.73 Å². The number of anilines is 1. The van der Waals surface area contributed by atoms with Crippen LogP contribution >= 0.6 is 12.2 Å². The summed E-state index contributed by atoms with van der Waals surface area (Å²) >= 11 is 4.94. The van der Waals surface area contributed by atoms with Gasteiger partial charge in [-0.3, -0.25) is 4.98 Å². The van der Waals surface area contributed by atoms with E-state index < -0.39 is 0 Å². The number of nitrogens with two attached hydrogens (primary N) is 1. The van der Waals surface area contributed by atoms with Crippen LogP contribution in [0.4, 0.5) is 5.69 Å². The Hall–Kier alpha value is -1.16. The van der Waals surface area contributed by atoms with Gasteiger partial charge in [0, 0.05) is 17.4 Å². The highest BCUT2D eigenvalue weighted by Crippen LogP contribution is 2.25. The number of nitrogens with zero attached hydrogens (tertiary/aromatic N) is 1. The first-order valence-corrected chi connectivity index (χ1v) is 6.51. The number of pyridine rings is 1. The normalized spacial score (nSPS) is 11.2. The summed E-state index contributed by atoms with van der Waals surface area (Å²) in [5, 5.41) is 3.58. The smallest absolute Gasteiger partial charge is 0.122 e. The molecular formula is C13H21N3S. The molecule has 0 bridgehead atoms. The lowest BCUT2D eigenvalue weighted by Crippen LogP contribution is -2.36. The molecule has 17 heavy (non-hydrogen) atoms. The number of hydrogen-bond donors (Lipinski definition) is 2. The predicted molar refractivity (Wildman–Crippen MR) is 77.4 cm³/mol. The van der Waals surface area contributed by atoms with E-state index in [4.69, 9.17) is 18.0 Å². The molecule has 3 nitrogen and oxygen atoms in total. The average molecular weight is 251 g/mol. The van der Waals surface area contributed by atoms with Gasteiger partial charge < -0.3 is 11.1 Å². The molecule has 94 valence electrons. The maximum absolute atomic E-state index is 5.59. The Bertz CT molecular complexity index is 378. The molecule has 0 aromatic carbocycles. The molecule has 0 atom stereocenters. The SMILES string of the molecule is CCC(CC)(CC)Nc1ccnc(C(N)=S)c1. The van der Waals surface area contributed by atoms with Crippen LogP contribution in [0.1, 0.15) is 45.7 Å². The number of thiocarbonyl (C=S) groups is 1. The maximum Gasteiger partial charge on any atom is 0.122 e. The molecule has 1 aromatic heterocycles. The fourth-order valence-electron chi connectivity index (χ4n) is 1.96. The number of aromatic nitrogens is 1. The van der Waals surface area contributed by atoms with Crippen LogP contribution in [0.25, 0.3) is 0 Å². The zero-order valence-corrected chi connectivity index (χ0v) is 11.6. The molecule has 0 fully saturated rings. The van der Waals surface area contributed by atoms with Crippen LogP contribution in [0.5, 0.6) is 0 Å². The third-order valence-electron chi connectivity index (χ3n) is 3.45. The Morgan fingerprint density at radius 2 is 1.94 bits per heavy atom. The largest absolute Gasteiger partial charge is 0.388 e. The standard InChI is InChI=1S/C13H21N3S/c1-4-13(5-2,6-3)16-10-7-8-15-11(9-10)12(14)17/h7-9H,4-6H2,1-3H3,(H2,14,17)(H,15,16). The first-order chi connectivity index (χ1) is 8.06. The van der Waals surface area contributed by atoms with Gasteiger partial charge in [-0.25, -0.2) is 0 Å². The van der Waals surface area contributed by atoms with E-state index in [0.717, 1.165) is 24.9 Å². The molecule has 0 saturated carbocycles. The van der Waals surface area contributed by atoms with Gasteiger partial charge in [-0.2, -0.15) is 0 Å². The molecule has 3 N–H and O–H groups in total. The van der Waals surface area contributed by atoms with Crippen molar-refractivity contribution in [2.75, 3.05) is 5.32 Å². The van der Waals surface area contributed by atoms with Gasteiger partial charge >= 0.3 is 0 Å². The molecule has 0 spiro atoms. The summed E-state index contributed by atoms with van der Waals surface area (Å²) in [5.41, 5.74) is 7.44. The summed E-state index contributed by atoms with van der Waals surface area (Å²) in [5.74, 6) is 0.